The zero-order valence-electron chi connectivity index (χ0n) is 39.9. The smallest absolute Gasteiger partial charge is 0.248 e. The van der Waals surface area contributed by atoms with Crippen molar-refractivity contribution in [3.63, 3.8) is 0 Å². The molecule has 0 fully saturated rings. The van der Waals surface area contributed by atoms with E-state index in [1.54, 1.807) is 16.7 Å². The lowest BCUT2D eigenvalue weighted by molar-refractivity contribution is 0.332. The minimum Gasteiger partial charge on any atom is -0.311 e. The number of benzene rings is 6. The van der Waals surface area contributed by atoms with Gasteiger partial charge in [-0.05, 0) is 186 Å². The molecule has 12 rings (SSSR count). The quantitative estimate of drug-likeness (QED) is 0.157. The van der Waals surface area contributed by atoms with Gasteiger partial charge >= 0.3 is 0 Å². The molecule has 0 radical (unpaired) electrons. The second-order valence-electron chi connectivity index (χ2n) is 24.5. The highest BCUT2D eigenvalue weighted by atomic mass is 32.1. The fourth-order valence-electron chi connectivity index (χ4n) is 13.2. The Hall–Kier alpha value is -4.60. The fourth-order valence-corrected chi connectivity index (χ4v) is 14.3. The predicted octanol–water partition coefficient (Wildman–Crippen LogP) is 15.0. The molecule has 7 aromatic rings. The standard InChI is InChI=1S/C60H64BNS/c1-55(2)21-22-56(3,4)43-30-37(18-19-42(43)55)62-50-34-47-46(59(9,10)25-26-60(47,11)12)33-49(50)61-48-32-45-44(57(5,6)23-24-58(45,7)8)31-39(48)41-28-36(29-51(62)54(41)61)35-17-20-53-40(27-35)38-15-13-14-16-52(38)63-53/h13-20,27-34H,21-26H2,1-12H3. The van der Waals surface area contributed by atoms with Crippen molar-refractivity contribution in [2.75, 3.05) is 4.90 Å². The van der Waals surface area contributed by atoms with Crippen LogP contribution in [-0.2, 0) is 32.5 Å². The third kappa shape index (κ3) is 5.60. The minimum atomic E-state index is 0.0850. The van der Waals surface area contributed by atoms with Gasteiger partial charge in [-0.1, -0.05) is 137 Å². The summed E-state index contributed by atoms with van der Waals surface area (Å²) in [5.41, 5.74) is 23.9. The van der Waals surface area contributed by atoms with Gasteiger partial charge in [0.15, 0.2) is 0 Å². The summed E-state index contributed by atoms with van der Waals surface area (Å²) in [7, 11) is 0. The third-order valence-corrected chi connectivity index (χ3v) is 18.8. The van der Waals surface area contributed by atoms with Crippen LogP contribution >= 0.6 is 11.3 Å². The summed E-state index contributed by atoms with van der Waals surface area (Å²) in [5.74, 6) is 0. The molecule has 0 unspecified atom stereocenters. The number of rotatable bonds is 2. The van der Waals surface area contributed by atoms with Crippen molar-refractivity contribution in [1.29, 1.82) is 0 Å². The lowest BCUT2D eigenvalue weighted by Gasteiger charge is -2.46. The predicted molar refractivity (Wildman–Crippen MR) is 275 cm³/mol. The van der Waals surface area contributed by atoms with E-state index in [0.717, 1.165) is 0 Å². The largest absolute Gasteiger partial charge is 0.311 e. The van der Waals surface area contributed by atoms with Crippen molar-refractivity contribution >= 4 is 71.7 Å². The van der Waals surface area contributed by atoms with Gasteiger partial charge in [0.25, 0.3) is 0 Å². The summed E-state index contributed by atoms with van der Waals surface area (Å²) in [4.78, 5) is 2.74. The van der Waals surface area contributed by atoms with Gasteiger partial charge in [-0.25, -0.2) is 0 Å². The van der Waals surface area contributed by atoms with Gasteiger partial charge in [0.05, 0.1) is 0 Å². The molecule has 2 aliphatic heterocycles. The molecule has 3 heteroatoms. The number of nitrogens with zero attached hydrogens (tertiary/aromatic N) is 1. The summed E-state index contributed by atoms with van der Waals surface area (Å²) in [5, 5.41) is 2.71. The molecule has 0 bridgehead atoms. The summed E-state index contributed by atoms with van der Waals surface area (Å²) in [6.45, 7) is 30.0. The van der Waals surface area contributed by atoms with Gasteiger partial charge in [-0.15, -0.1) is 11.3 Å². The van der Waals surface area contributed by atoms with Crippen molar-refractivity contribution in [3.05, 3.63) is 130 Å². The van der Waals surface area contributed by atoms with E-state index in [2.05, 4.69) is 185 Å². The highest BCUT2D eigenvalue weighted by Gasteiger charge is 2.49. The molecule has 1 nitrogen and oxygen atoms in total. The van der Waals surface area contributed by atoms with Gasteiger partial charge in [-0.3, -0.25) is 0 Å². The van der Waals surface area contributed by atoms with Gasteiger partial charge in [-0.2, -0.15) is 0 Å². The van der Waals surface area contributed by atoms with Crippen LogP contribution in [0.1, 0.15) is 155 Å². The van der Waals surface area contributed by atoms with Gasteiger partial charge < -0.3 is 4.90 Å². The Bertz CT molecular complexity index is 3150. The zero-order valence-corrected chi connectivity index (χ0v) is 40.7. The third-order valence-electron chi connectivity index (χ3n) is 17.7. The van der Waals surface area contributed by atoms with Crippen LogP contribution in [-0.4, -0.2) is 6.71 Å². The molecule has 0 N–H and O–H groups in total. The van der Waals surface area contributed by atoms with Crippen molar-refractivity contribution < 1.29 is 0 Å². The van der Waals surface area contributed by atoms with Gasteiger partial charge in [0, 0.05) is 37.2 Å². The van der Waals surface area contributed by atoms with E-state index in [-0.39, 0.29) is 39.2 Å². The van der Waals surface area contributed by atoms with E-state index in [1.807, 2.05) is 11.3 Å². The van der Waals surface area contributed by atoms with Crippen molar-refractivity contribution in [1.82, 2.24) is 0 Å². The Labute approximate surface area is 381 Å². The van der Waals surface area contributed by atoms with Gasteiger partial charge in [0.1, 0.15) is 0 Å². The fraction of sp³-hybridized carbons (Fsp3) is 0.400. The summed E-state index contributed by atoms with van der Waals surface area (Å²) in [6.07, 6.45) is 7.24. The van der Waals surface area contributed by atoms with Crippen LogP contribution in [0.15, 0.2) is 97.1 Å². The highest BCUT2D eigenvalue weighted by Crippen LogP contribution is 2.54. The maximum absolute atomic E-state index is 2.74. The van der Waals surface area contributed by atoms with E-state index in [9.17, 15) is 0 Å². The number of hydrogen-bond donors (Lipinski definition) is 0. The Morgan fingerprint density at radius 1 is 0.413 bits per heavy atom. The lowest BCUT2D eigenvalue weighted by atomic mass is 9.36. The van der Waals surface area contributed by atoms with Crippen molar-refractivity contribution in [2.45, 2.75) is 154 Å². The van der Waals surface area contributed by atoms with E-state index >= 15 is 0 Å². The molecule has 0 saturated carbocycles. The summed E-state index contributed by atoms with van der Waals surface area (Å²) < 4.78 is 2.71. The van der Waals surface area contributed by atoms with Crippen LogP contribution in [0.25, 0.3) is 42.4 Å². The molecule has 3 aliphatic carbocycles. The second kappa shape index (κ2) is 12.6. The molecule has 5 aliphatic rings. The first-order valence-electron chi connectivity index (χ1n) is 24.1. The van der Waals surface area contributed by atoms with E-state index in [1.165, 1.54) is 131 Å². The molecule has 1 aromatic heterocycles. The Morgan fingerprint density at radius 2 is 0.952 bits per heavy atom. The summed E-state index contributed by atoms with van der Waals surface area (Å²) >= 11 is 1.91. The average molecular weight is 842 g/mol. The molecular weight excluding hydrogens is 778 g/mol. The highest BCUT2D eigenvalue weighted by molar-refractivity contribution is 7.25. The molecule has 6 aromatic carbocycles. The van der Waals surface area contributed by atoms with Crippen LogP contribution in [0, 0.1) is 0 Å². The topological polar surface area (TPSA) is 3.24 Å². The first-order valence-corrected chi connectivity index (χ1v) is 24.9. The average Bonchev–Trinajstić information content (AvgIpc) is 3.78. The number of anilines is 3. The monoisotopic (exact) mass is 841 g/mol. The number of hydrogen-bond acceptors (Lipinski definition) is 2. The first-order chi connectivity index (χ1) is 29.7. The molecule has 63 heavy (non-hydrogen) atoms. The molecule has 3 heterocycles. The lowest BCUT2D eigenvalue weighted by Crippen LogP contribution is -2.56. The van der Waals surface area contributed by atoms with Crippen molar-refractivity contribution in [2.24, 2.45) is 0 Å². The second-order valence-corrected chi connectivity index (χ2v) is 25.6. The molecule has 0 atom stereocenters. The Kier molecular flexibility index (Phi) is 7.99. The molecule has 0 saturated heterocycles. The van der Waals surface area contributed by atoms with Crippen LogP contribution in [0.4, 0.5) is 17.1 Å². The zero-order chi connectivity index (χ0) is 44.0. The number of fused-ring (bicyclic) bond motifs is 11. The van der Waals surface area contributed by atoms with E-state index < -0.39 is 0 Å². The molecule has 0 amide bonds. The molecule has 0 spiro atoms. The van der Waals surface area contributed by atoms with Crippen LogP contribution in [0.2, 0.25) is 0 Å². The SMILES string of the molecule is CC1(C)CCC(C)(C)c2cc(N3c4cc5c(cc4B4c6cc7c(cc6-c6cc(-c8ccc9sc%10ccccc%10c9c8)cc3c64)C(C)(C)CCC7(C)C)C(C)(C)CCC5(C)C)ccc21. The van der Waals surface area contributed by atoms with Crippen LogP contribution in [0.3, 0.4) is 0 Å². The van der Waals surface area contributed by atoms with Crippen LogP contribution in [0.5, 0.6) is 0 Å². The Balaban J connectivity index is 1.20. The normalized spacial score (nSPS) is 21.0. The van der Waals surface area contributed by atoms with Crippen LogP contribution < -0.4 is 21.3 Å². The summed E-state index contributed by atoms with van der Waals surface area (Å²) in [6, 6.07) is 39.8. The minimum absolute atomic E-state index is 0.0850. The van der Waals surface area contributed by atoms with E-state index in [4.69, 9.17) is 0 Å². The van der Waals surface area contributed by atoms with Gasteiger partial charge in [0.2, 0.25) is 6.71 Å². The molecular formula is C60H64BNS. The van der Waals surface area contributed by atoms with Crippen molar-refractivity contribution in [3.8, 4) is 22.3 Å². The Morgan fingerprint density at radius 3 is 1.60 bits per heavy atom. The first kappa shape index (κ1) is 40.0. The molecule has 318 valence electrons. The number of thiophene rings is 1. The maximum atomic E-state index is 2.74. The van der Waals surface area contributed by atoms with E-state index in [0.29, 0.717) is 0 Å². The maximum Gasteiger partial charge on any atom is 0.248 e.